The highest BCUT2D eigenvalue weighted by atomic mass is 16.5. The van der Waals surface area contributed by atoms with Gasteiger partial charge in [0.2, 0.25) is 0 Å². The maximum atomic E-state index is 5.80. The molecule has 0 radical (unpaired) electrons. The van der Waals surface area contributed by atoms with Gasteiger partial charge < -0.3 is 15.0 Å². The highest BCUT2D eigenvalue weighted by molar-refractivity contribution is 5.80. The molecule has 0 aliphatic carbocycles. The van der Waals surface area contributed by atoms with E-state index in [0.29, 0.717) is 0 Å². The van der Waals surface area contributed by atoms with E-state index >= 15 is 0 Å². The molecule has 0 amide bonds. The fraction of sp³-hybridized carbons (Fsp3) is 0.176. The van der Waals surface area contributed by atoms with E-state index in [2.05, 4.69) is 42.0 Å². The van der Waals surface area contributed by atoms with Crippen LogP contribution in [0.1, 0.15) is 11.1 Å². The molecule has 2 aromatic carbocycles. The van der Waals surface area contributed by atoms with Crippen LogP contribution in [-0.2, 0) is 6.54 Å². The number of fused-ring (bicyclic) bond motifs is 1. The Balaban J connectivity index is 2.03. The SMILES string of the molecule is COc1cc(N)ccc1Cn1ccc2ccc(C)cc21. The third-order valence-corrected chi connectivity index (χ3v) is 3.58. The summed E-state index contributed by atoms with van der Waals surface area (Å²) in [4.78, 5) is 0. The third-order valence-electron chi connectivity index (χ3n) is 3.58. The molecule has 0 saturated carbocycles. The zero-order valence-electron chi connectivity index (χ0n) is 11.8. The van der Waals surface area contributed by atoms with Gasteiger partial charge in [-0.05, 0) is 36.1 Å². The Bertz CT molecular complexity index is 759. The van der Waals surface area contributed by atoms with E-state index < -0.39 is 0 Å². The van der Waals surface area contributed by atoms with E-state index in [9.17, 15) is 0 Å². The quantitative estimate of drug-likeness (QED) is 0.736. The van der Waals surface area contributed by atoms with Crippen molar-refractivity contribution >= 4 is 16.6 Å². The van der Waals surface area contributed by atoms with Crippen molar-refractivity contribution in [2.75, 3.05) is 12.8 Å². The molecule has 20 heavy (non-hydrogen) atoms. The van der Waals surface area contributed by atoms with Crippen LogP contribution in [-0.4, -0.2) is 11.7 Å². The highest BCUT2D eigenvalue weighted by Crippen LogP contribution is 2.25. The highest BCUT2D eigenvalue weighted by Gasteiger charge is 2.07. The molecular weight excluding hydrogens is 248 g/mol. The molecule has 3 heteroatoms. The van der Waals surface area contributed by atoms with Crippen LogP contribution in [0.15, 0.2) is 48.7 Å². The van der Waals surface area contributed by atoms with Gasteiger partial charge in [0.05, 0.1) is 13.7 Å². The van der Waals surface area contributed by atoms with Crippen molar-refractivity contribution < 1.29 is 4.74 Å². The molecule has 0 aliphatic heterocycles. The summed E-state index contributed by atoms with van der Waals surface area (Å²) in [5.74, 6) is 0.833. The molecule has 0 bridgehead atoms. The lowest BCUT2D eigenvalue weighted by atomic mass is 10.1. The third kappa shape index (κ3) is 2.23. The molecule has 0 spiro atoms. The van der Waals surface area contributed by atoms with Crippen LogP contribution in [0.2, 0.25) is 0 Å². The van der Waals surface area contributed by atoms with Crippen molar-refractivity contribution in [2.24, 2.45) is 0 Å². The largest absolute Gasteiger partial charge is 0.496 e. The summed E-state index contributed by atoms with van der Waals surface area (Å²) in [7, 11) is 1.68. The van der Waals surface area contributed by atoms with E-state index in [0.717, 1.165) is 23.5 Å². The second-order valence-electron chi connectivity index (χ2n) is 5.08. The number of aryl methyl sites for hydroxylation is 1. The maximum absolute atomic E-state index is 5.80. The second-order valence-corrected chi connectivity index (χ2v) is 5.08. The minimum atomic E-state index is 0.721. The smallest absolute Gasteiger partial charge is 0.125 e. The lowest BCUT2D eigenvalue weighted by Gasteiger charge is -2.11. The van der Waals surface area contributed by atoms with Gasteiger partial charge in [0.15, 0.2) is 0 Å². The summed E-state index contributed by atoms with van der Waals surface area (Å²) in [6.45, 7) is 2.89. The van der Waals surface area contributed by atoms with Crippen LogP contribution >= 0.6 is 0 Å². The van der Waals surface area contributed by atoms with Crippen molar-refractivity contribution in [3.8, 4) is 5.75 Å². The Hall–Kier alpha value is -2.42. The predicted octanol–water partition coefficient (Wildman–Crippen LogP) is 3.59. The van der Waals surface area contributed by atoms with Crippen LogP contribution in [0.25, 0.3) is 10.9 Å². The van der Waals surface area contributed by atoms with E-state index in [4.69, 9.17) is 10.5 Å². The number of benzene rings is 2. The fourth-order valence-corrected chi connectivity index (χ4v) is 2.51. The van der Waals surface area contributed by atoms with Crippen LogP contribution in [0.5, 0.6) is 5.75 Å². The van der Waals surface area contributed by atoms with Gasteiger partial charge in [-0.2, -0.15) is 0 Å². The van der Waals surface area contributed by atoms with Crippen molar-refractivity contribution in [3.05, 3.63) is 59.8 Å². The molecule has 0 aliphatic rings. The number of nitrogen functional groups attached to an aromatic ring is 1. The normalized spacial score (nSPS) is 10.9. The molecular formula is C17H18N2O. The molecule has 0 fully saturated rings. The maximum Gasteiger partial charge on any atom is 0.125 e. The standard InChI is InChI=1S/C17H18N2O/c1-12-3-4-13-7-8-19(16(13)9-12)11-14-5-6-15(18)10-17(14)20-2/h3-10H,11,18H2,1-2H3. The zero-order chi connectivity index (χ0) is 14.1. The average molecular weight is 266 g/mol. The molecule has 1 heterocycles. The van der Waals surface area contributed by atoms with E-state index in [1.165, 1.54) is 16.5 Å². The summed E-state index contributed by atoms with van der Waals surface area (Å²) >= 11 is 0. The van der Waals surface area contributed by atoms with Gasteiger partial charge in [-0.15, -0.1) is 0 Å². The Morgan fingerprint density at radius 3 is 2.75 bits per heavy atom. The first kappa shape index (κ1) is 12.6. The van der Waals surface area contributed by atoms with Crippen molar-refractivity contribution in [1.82, 2.24) is 4.57 Å². The van der Waals surface area contributed by atoms with Crippen molar-refractivity contribution in [3.63, 3.8) is 0 Å². The summed E-state index contributed by atoms with van der Waals surface area (Å²) in [5.41, 5.74) is 10.2. The van der Waals surface area contributed by atoms with E-state index in [1.54, 1.807) is 7.11 Å². The Morgan fingerprint density at radius 2 is 1.95 bits per heavy atom. The van der Waals surface area contributed by atoms with Crippen LogP contribution in [0.4, 0.5) is 5.69 Å². The number of ether oxygens (including phenoxy) is 1. The first-order valence-electron chi connectivity index (χ1n) is 6.65. The van der Waals surface area contributed by atoms with Gasteiger partial charge in [-0.3, -0.25) is 0 Å². The number of hydrogen-bond donors (Lipinski definition) is 1. The summed E-state index contributed by atoms with van der Waals surface area (Å²) in [5, 5.41) is 1.25. The first-order valence-corrected chi connectivity index (χ1v) is 6.65. The topological polar surface area (TPSA) is 40.2 Å². The van der Waals surface area contributed by atoms with Crippen LogP contribution in [0, 0.1) is 6.92 Å². The lowest BCUT2D eigenvalue weighted by Crippen LogP contribution is -2.01. The molecule has 1 aromatic heterocycles. The van der Waals surface area contributed by atoms with Crippen LogP contribution in [0.3, 0.4) is 0 Å². The first-order chi connectivity index (χ1) is 9.67. The molecule has 0 atom stereocenters. The van der Waals surface area contributed by atoms with Gasteiger partial charge >= 0.3 is 0 Å². The van der Waals surface area contributed by atoms with Gasteiger partial charge in [-0.25, -0.2) is 0 Å². The summed E-state index contributed by atoms with van der Waals surface area (Å²) in [6, 6.07) is 14.4. The second kappa shape index (κ2) is 4.93. The number of aromatic nitrogens is 1. The molecule has 0 saturated heterocycles. The number of methoxy groups -OCH3 is 1. The predicted molar refractivity (Wildman–Crippen MR) is 83.2 cm³/mol. The zero-order valence-corrected chi connectivity index (χ0v) is 11.8. The Morgan fingerprint density at radius 1 is 1.10 bits per heavy atom. The van der Waals surface area contributed by atoms with Gasteiger partial charge in [0, 0.05) is 29.0 Å². The molecule has 102 valence electrons. The molecule has 3 aromatic rings. The Labute approximate surface area is 118 Å². The monoisotopic (exact) mass is 266 g/mol. The minimum Gasteiger partial charge on any atom is -0.496 e. The number of anilines is 1. The molecule has 0 unspecified atom stereocenters. The summed E-state index contributed by atoms with van der Waals surface area (Å²) in [6.07, 6.45) is 2.11. The Kier molecular flexibility index (Phi) is 3.11. The summed E-state index contributed by atoms with van der Waals surface area (Å²) < 4.78 is 7.65. The molecule has 2 N–H and O–H groups in total. The molecule has 3 nitrogen and oxygen atoms in total. The molecule has 3 rings (SSSR count). The van der Waals surface area contributed by atoms with Crippen molar-refractivity contribution in [2.45, 2.75) is 13.5 Å². The van der Waals surface area contributed by atoms with Crippen LogP contribution < -0.4 is 10.5 Å². The average Bonchev–Trinajstić information content (AvgIpc) is 2.83. The number of hydrogen-bond acceptors (Lipinski definition) is 2. The van der Waals surface area contributed by atoms with E-state index in [1.807, 2.05) is 18.2 Å². The lowest BCUT2D eigenvalue weighted by molar-refractivity contribution is 0.409. The van der Waals surface area contributed by atoms with Gasteiger partial charge in [-0.1, -0.05) is 18.2 Å². The number of rotatable bonds is 3. The van der Waals surface area contributed by atoms with E-state index in [-0.39, 0.29) is 0 Å². The van der Waals surface area contributed by atoms with Gasteiger partial charge in [0.1, 0.15) is 5.75 Å². The van der Waals surface area contributed by atoms with Gasteiger partial charge in [0.25, 0.3) is 0 Å². The fourth-order valence-electron chi connectivity index (χ4n) is 2.51. The number of nitrogens with zero attached hydrogens (tertiary/aromatic N) is 1. The number of nitrogens with two attached hydrogens (primary N) is 1. The minimum absolute atomic E-state index is 0.721. The van der Waals surface area contributed by atoms with Crippen molar-refractivity contribution in [1.29, 1.82) is 0 Å².